The number of ether oxygens (including phenoxy) is 2. The smallest absolute Gasteiger partial charge is 0.266 e. The van der Waals surface area contributed by atoms with Crippen LogP contribution in [0.2, 0.25) is 0 Å². The van der Waals surface area contributed by atoms with Crippen LogP contribution in [0.4, 0.5) is 5.69 Å². The summed E-state index contributed by atoms with van der Waals surface area (Å²) in [5.74, 6) is -0.732. The number of para-hydroxylation sites is 2. The Bertz CT molecular complexity index is 1000. The molecule has 0 unspecified atom stereocenters. The van der Waals surface area contributed by atoms with Crippen molar-refractivity contribution in [1.82, 2.24) is 10.2 Å². The fourth-order valence-electron chi connectivity index (χ4n) is 3.85. The minimum absolute atomic E-state index is 0.219. The van der Waals surface area contributed by atoms with Crippen molar-refractivity contribution in [2.75, 3.05) is 51.4 Å². The number of imide groups is 1. The van der Waals surface area contributed by atoms with E-state index in [1.54, 1.807) is 30.3 Å². The third-order valence-corrected chi connectivity index (χ3v) is 5.52. The maximum atomic E-state index is 13.0. The van der Waals surface area contributed by atoms with Crippen LogP contribution in [-0.2, 0) is 4.74 Å². The van der Waals surface area contributed by atoms with E-state index in [-0.39, 0.29) is 17.0 Å². The highest BCUT2D eigenvalue weighted by atomic mass is 16.5. The Balaban J connectivity index is 1.42. The molecule has 1 fully saturated rings. The second-order valence-electron chi connectivity index (χ2n) is 7.44. The lowest BCUT2D eigenvalue weighted by Crippen LogP contribution is -2.38. The SMILES string of the molecule is COc1ccccc1N1C(=O)c2ccc(C(=O)NCCCN3CCOCC3)cc2C1=O. The van der Waals surface area contributed by atoms with Crippen molar-refractivity contribution in [3.63, 3.8) is 0 Å². The zero-order valence-corrected chi connectivity index (χ0v) is 17.4. The van der Waals surface area contributed by atoms with E-state index in [0.29, 0.717) is 23.5 Å². The van der Waals surface area contributed by atoms with Gasteiger partial charge in [-0.1, -0.05) is 12.1 Å². The van der Waals surface area contributed by atoms with Gasteiger partial charge < -0.3 is 14.8 Å². The summed E-state index contributed by atoms with van der Waals surface area (Å²) in [4.78, 5) is 41.8. The molecule has 1 N–H and O–H groups in total. The molecule has 0 aliphatic carbocycles. The minimum atomic E-state index is -0.466. The first-order valence-corrected chi connectivity index (χ1v) is 10.3. The van der Waals surface area contributed by atoms with Crippen molar-refractivity contribution in [3.05, 3.63) is 59.2 Å². The van der Waals surface area contributed by atoms with Crippen LogP contribution in [0.15, 0.2) is 42.5 Å². The quantitative estimate of drug-likeness (QED) is 0.541. The molecule has 1 saturated heterocycles. The van der Waals surface area contributed by atoms with E-state index >= 15 is 0 Å². The molecule has 0 atom stereocenters. The molecule has 4 rings (SSSR count). The summed E-state index contributed by atoms with van der Waals surface area (Å²) in [6.07, 6.45) is 0.829. The normalized spacial score (nSPS) is 16.4. The van der Waals surface area contributed by atoms with E-state index in [0.717, 1.165) is 44.2 Å². The molecule has 2 aliphatic heterocycles. The summed E-state index contributed by atoms with van der Waals surface area (Å²) < 4.78 is 10.6. The number of hydrogen-bond donors (Lipinski definition) is 1. The lowest BCUT2D eigenvalue weighted by molar-refractivity contribution is 0.0374. The van der Waals surface area contributed by atoms with Gasteiger partial charge in [0.1, 0.15) is 5.75 Å². The topological polar surface area (TPSA) is 88.2 Å². The highest BCUT2D eigenvalue weighted by molar-refractivity contribution is 6.35. The van der Waals surface area contributed by atoms with Gasteiger partial charge in [-0.3, -0.25) is 19.3 Å². The molecule has 0 bridgehead atoms. The third-order valence-electron chi connectivity index (χ3n) is 5.52. The van der Waals surface area contributed by atoms with Crippen LogP contribution < -0.4 is 15.0 Å². The van der Waals surface area contributed by atoms with E-state index < -0.39 is 11.8 Å². The summed E-state index contributed by atoms with van der Waals surface area (Å²) >= 11 is 0. The Morgan fingerprint density at radius 3 is 2.58 bits per heavy atom. The zero-order valence-electron chi connectivity index (χ0n) is 17.4. The highest BCUT2D eigenvalue weighted by Gasteiger charge is 2.38. The molecule has 0 spiro atoms. The van der Waals surface area contributed by atoms with Gasteiger partial charge in [0.05, 0.1) is 37.1 Å². The maximum Gasteiger partial charge on any atom is 0.266 e. The van der Waals surface area contributed by atoms with Gasteiger partial charge in [-0.2, -0.15) is 0 Å². The summed E-state index contributed by atoms with van der Waals surface area (Å²) in [7, 11) is 1.48. The average molecular weight is 423 g/mol. The number of nitrogens with one attached hydrogen (secondary N) is 1. The third kappa shape index (κ3) is 4.30. The van der Waals surface area contributed by atoms with E-state index in [9.17, 15) is 14.4 Å². The van der Waals surface area contributed by atoms with Gasteiger partial charge in [0.2, 0.25) is 0 Å². The van der Waals surface area contributed by atoms with Crippen molar-refractivity contribution in [2.45, 2.75) is 6.42 Å². The van der Waals surface area contributed by atoms with Gasteiger partial charge in [-0.25, -0.2) is 4.90 Å². The number of fused-ring (bicyclic) bond motifs is 1. The van der Waals surface area contributed by atoms with Gasteiger partial charge >= 0.3 is 0 Å². The summed E-state index contributed by atoms with van der Waals surface area (Å²) in [6.45, 7) is 4.76. The Morgan fingerprint density at radius 2 is 1.81 bits per heavy atom. The molecular formula is C23H25N3O5. The van der Waals surface area contributed by atoms with Crippen molar-refractivity contribution in [3.8, 4) is 5.75 Å². The van der Waals surface area contributed by atoms with Crippen molar-refractivity contribution in [1.29, 1.82) is 0 Å². The number of hydrogen-bond acceptors (Lipinski definition) is 6. The predicted molar refractivity (Wildman–Crippen MR) is 115 cm³/mol. The Hall–Kier alpha value is -3.23. The van der Waals surface area contributed by atoms with Gasteiger partial charge in [-0.05, 0) is 43.3 Å². The number of methoxy groups -OCH3 is 1. The molecule has 162 valence electrons. The minimum Gasteiger partial charge on any atom is -0.495 e. The monoisotopic (exact) mass is 423 g/mol. The standard InChI is InChI=1S/C23H25N3O5/c1-30-20-6-3-2-5-19(20)26-22(28)17-8-7-16(15-18(17)23(26)29)21(27)24-9-4-10-25-11-13-31-14-12-25/h2-3,5-8,15H,4,9-14H2,1H3,(H,24,27). The molecule has 31 heavy (non-hydrogen) atoms. The highest BCUT2D eigenvalue weighted by Crippen LogP contribution is 2.34. The zero-order chi connectivity index (χ0) is 21.8. The van der Waals surface area contributed by atoms with E-state index in [1.807, 2.05) is 0 Å². The first kappa shape index (κ1) is 21.0. The van der Waals surface area contributed by atoms with E-state index in [2.05, 4.69) is 10.2 Å². The first-order valence-electron chi connectivity index (χ1n) is 10.3. The Labute approximate surface area is 180 Å². The fraction of sp³-hybridized carbons (Fsp3) is 0.348. The Morgan fingerprint density at radius 1 is 1.06 bits per heavy atom. The molecule has 2 aromatic rings. The summed E-state index contributed by atoms with van der Waals surface area (Å²) in [6, 6.07) is 11.4. The first-order chi connectivity index (χ1) is 15.1. The molecule has 2 aliphatic rings. The molecule has 2 aromatic carbocycles. The molecular weight excluding hydrogens is 398 g/mol. The van der Waals surface area contributed by atoms with Gasteiger partial charge in [0.15, 0.2) is 0 Å². The second kappa shape index (κ2) is 9.28. The number of anilines is 1. The predicted octanol–water partition coefficient (Wildman–Crippen LogP) is 1.95. The second-order valence-corrected chi connectivity index (χ2v) is 7.44. The average Bonchev–Trinajstić information content (AvgIpc) is 3.06. The van der Waals surface area contributed by atoms with Crippen molar-refractivity contribution >= 4 is 23.4 Å². The molecule has 8 heteroatoms. The van der Waals surface area contributed by atoms with Crippen LogP contribution in [-0.4, -0.2) is 69.1 Å². The van der Waals surface area contributed by atoms with E-state index in [1.165, 1.54) is 19.2 Å². The molecule has 0 radical (unpaired) electrons. The van der Waals surface area contributed by atoms with Gasteiger partial charge in [-0.15, -0.1) is 0 Å². The Kier molecular flexibility index (Phi) is 6.29. The number of nitrogens with zero attached hydrogens (tertiary/aromatic N) is 2. The molecule has 8 nitrogen and oxygen atoms in total. The number of carbonyl (C=O) groups is 3. The van der Waals surface area contributed by atoms with Crippen LogP contribution in [0.5, 0.6) is 5.75 Å². The number of rotatable bonds is 7. The lowest BCUT2D eigenvalue weighted by atomic mass is 10.1. The molecule has 2 heterocycles. The molecule has 0 aromatic heterocycles. The molecule has 3 amide bonds. The number of benzene rings is 2. The van der Waals surface area contributed by atoms with Crippen molar-refractivity contribution in [2.24, 2.45) is 0 Å². The van der Waals surface area contributed by atoms with Crippen LogP contribution in [0.3, 0.4) is 0 Å². The van der Waals surface area contributed by atoms with Crippen molar-refractivity contribution < 1.29 is 23.9 Å². The number of carbonyl (C=O) groups excluding carboxylic acids is 3. The van der Waals surface area contributed by atoms with Gasteiger partial charge in [0, 0.05) is 25.2 Å². The fourth-order valence-corrected chi connectivity index (χ4v) is 3.85. The largest absolute Gasteiger partial charge is 0.495 e. The van der Waals surface area contributed by atoms with Crippen LogP contribution in [0.25, 0.3) is 0 Å². The van der Waals surface area contributed by atoms with Crippen LogP contribution >= 0.6 is 0 Å². The van der Waals surface area contributed by atoms with E-state index in [4.69, 9.17) is 9.47 Å². The summed E-state index contributed by atoms with van der Waals surface area (Å²) in [5.41, 5.74) is 1.23. The lowest BCUT2D eigenvalue weighted by Gasteiger charge is -2.26. The van der Waals surface area contributed by atoms with Crippen LogP contribution in [0.1, 0.15) is 37.5 Å². The molecule has 0 saturated carbocycles. The maximum absolute atomic E-state index is 13.0. The van der Waals surface area contributed by atoms with Crippen LogP contribution in [0, 0.1) is 0 Å². The number of amides is 3. The number of morpholine rings is 1. The summed E-state index contributed by atoms with van der Waals surface area (Å²) in [5, 5.41) is 2.89. The van der Waals surface area contributed by atoms with Gasteiger partial charge in [0.25, 0.3) is 17.7 Å².